The first-order valence-electron chi connectivity index (χ1n) is 9.06. The Bertz CT molecular complexity index is 1030. The lowest BCUT2D eigenvalue weighted by atomic mass is 10.0. The molecule has 0 radical (unpaired) electrons. The predicted octanol–water partition coefficient (Wildman–Crippen LogP) is 7.47. The van der Waals surface area contributed by atoms with Gasteiger partial charge in [0.05, 0.1) is 11.6 Å². The summed E-state index contributed by atoms with van der Waals surface area (Å²) in [6.07, 6.45) is 0. The third-order valence-corrected chi connectivity index (χ3v) is 5.00. The highest BCUT2D eigenvalue weighted by Gasteiger charge is 2.01. The van der Waals surface area contributed by atoms with E-state index in [1.165, 1.54) is 16.7 Å². The van der Waals surface area contributed by atoms with Crippen molar-refractivity contribution in [1.82, 2.24) is 0 Å². The van der Waals surface area contributed by atoms with Crippen molar-refractivity contribution < 1.29 is 0 Å². The van der Waals surface area contributed by atoms with Crippen LogP contribution >= 0.6 is 15.9 Å². The highest BCUT2D eigenvalue weighted by atomic mass is 79.9. The molecular weight excluding hydrogens is 406 g/mol. The number of rotatable bonds is 3. The van der Waals surface area contributed by atoms with E-state index in [0.29, 0.717) is 0 Å². The number of benzene rings is 4. The van der Waals surface area contributed by atoms with Crippen LogP contribution in [0.2, 0.25) is 0 Å². The first-order chi connectivity index (χ1) is 13.8. The summed E-state index contributed by atoms with van der Waals surface area (Å²) in [4.78, 5) is 0. The second-order valence-electron chi connectivity index (χ2n) is 6.22. The Morgan fingerprint density at radius 2 is 1.07 bits per heavy atom. The molecule has 0 unspecified atom stereocenters. The summed E-state index contributed by atoms with van der Waals surface area (Å²) in [7, 11) is 0. The molecule has 2 heteroatoms. The molecule has 0 saturated heterocycles. The van der Waals surface area contributed by atoms with Crippen molar-refractivity contribution in [2.24, 2.45) is 0 Å². The molecule has 0 amide bonds. The maximum atomic E-state index is 8.93. The largest absolute Gasteiger partial charge is 0.192 e. The molecule has 28 heavy (non-hydrogen) atoms. The zero-order valence-corrected chi connectivity index (χ0v) is 17.0. The van der Waals surface area contributed by atoms with Crippen molar-refractivity contribution in [1.29, 1.82) is 5.26 Å². The van der Waals surface area contributed by atoms with Gasteiger partial charge in [-0.3, -0.25) is 0 Å². The fraction of sp³-hybridized carbons (Fsp3) is 0.0385. The van der Waals surface area contributed by atoms with E-state index in [-0.39, 0.29) is 0 Å². The van der Waals surface area contributed by atoms with Gasteiger partial charge in [-0.15, -0.1) is 0 Å². The summed E-state index contributed by atoms with van der Waals surface area (Å²) < 4.78 is 0. The van der Waals surface area contributed by atoms with Crippen LogP contribution in [0.25, 0.3) is 22.3 Å². The van der Waals surface area contributed by atoms with Crippen molar-refractivity contribution in [3.05, 3.63) is 120 Å². The molecular formula is C26H20BrN. The minimum atomic E-state index is 0.721. The molecule has 4 rings (SSSR count). The van der Waals surface area contributed by atoms with E-state index in [1.807, 2.05) is 60.7 Å². The Kier molecular flexibility index (Phi) is 7.18. The number of nitriles is 1. The van der Waals surface area contributed by atoms with Crippen LogP contribution in [0.4, 0.5) is 0 Å². The van der Waals surface area contributed by atoms with Gasteiger partial charge in [-0.2, -0.15) is 5.26 Å². The average molecular weight is 426 g/mol. The topological polar surface area (TPSA) is 23.8 Å². The van der Waals surface area contributed by atoms with Crippen molar-refractivity contribution in [2.75, 3.05) is 0 Å². The molecule has 0 aliphatic carbocycles. The fourth-order valence-electron chi connectivity index (χ4n) is 2.87. The van der Waals surface area contributed by atoms with Crippen LogP contribution in [0.3, 0.4) is 0 Å². The molecule has 0 saturated carbocycles. The van der Waals surface area contributed by atoms with Gasteiger partial charge in [-0.05, 0) is 33.9 Å². The Morgan fingerprint density at radius 1 is 0.571 bits per heavy atom. The summed E-state index contributed by atoms with van der Waals surface area (Å²) in [6.45, 7) is 0. The first-order valence-corrected chi connectivity index (χ1v) is 10.2. The van der Waals surface area contributed by atoms with Gasteiger partial charge in [0.2, 0.25) is 0 Å². The van der Waals surface area contributed by atoms with E-state index >= 15 is 0 Å². The summed E-state index contributed by atoms with van der Waals surface area (Å²) in [5, 5.41) is 9.85. The monoisotopic (exact) mass is 425 g/mol. The third-order valence-electron chi connectivity index (χ3n) is 4.35. The molecule has 4 aromatic rings. The molecule has 136 valence electrons. The van der Waals surface area contributed by atoms with Gasteiger partial charge in [0.15, 0.2) is 0 Å². The smallest absolute Gasteiger partial charge is 0.0998 e. The standard InChI is InChI=1S/C13H11Br.C13H9N/c14-10-11-6-8-13(9-7-11)12-4-2-1-3-5-12;14-10-12-8-4-5-9-13(12)11-6-2-1-3-7-11/h1-9H,10H2;1-9H. The van der Waals surface area contributed by atoms with Crippen molar-refractivity contribution in [3.63, 3.8) is 0 Å². The Hall–Kier alpha value is -3.15. The van der Waals surface area contributed by atoms with Crippen LogP contribution in [0.1, 0.15) is 11.1 Å². The normalized spacial score (nSPS) is 9.71. The third kappa shape index (κ3) is 5.19. The molecule has 0 spiro atoms. The van der Waals surface area contributed by atoms with Crippen molar-refractivity contribution in [3.8, 4) is 28.3 Å². The zero-order valence-electron chi connectivity index (χ0n) is 15.4. The second-order valence-corrected chi connectivity index (χ2v) is 6.78. The molecule has 0 aromatic heterocycles. The van der Waals surface area contributed by atoms with Crippen molar-refractivity contribution >= 4 is 15.9 Å². The lowest BCUT2D eigenvalue weighted by Crippen LogP contribution is -1.82. The first kappa shape index (κ1) is 19.6. The van der Waals surface area contributed by atoms with Crippen LogP contribution < -0.4 is 0 Å². The van der Waals surface area contributed by atoms with Gasteiger partial charge in [0, 0.05) is 5.33 Å². The van der Waals surface area contributed by atoms with Gasteiger partial charge >= 0.3 is 0 Å². The molecule has 0 fully saturated rings. The maximum absolute atomic E-state index is 8.93. The van der Waals surface area contributed by atoms with Crippen molar-refractivity contribution in [2.45, 2.75) is 5.33 Å². The highest BCUT2D eigenvalue weighted by Crippen LogP contribution is 2.22. The number of alkyl halides is 1. The number of halogens is 1. The molecule has 0 heterocycles. The molecule has 0 N–H and O–H groups in total. The molecule has 1 nitrogen and oxygen atoms in total. The minimum absolute atomic E-state index is 0.721. The molecule has 4 aromatic carbocycles. The van der Waals surface area contributed by atoms with Crippen LogP contribution in [0.15, 0.2) is 109 Å². The second kappa shape index (κ2) is 10.3. The lowest BCUT2D eigenvalue weighted by molar-refractivity contribution is 1.44. The van der Waals surface area contributed by atoms with Crippen LogP contribution in [-0.2, 0) is 5.33 Å². The SMILES string of the molecule is BrCc1ccc(-c2ccccc2)cc1.N#Cc1ccccc1-c1ccccc1. The Morgan fingerprint density at radius 3 is 1.64 bits per heavy atom. The van der Waals surface area contributed by atoms with E-state index in [9.17, 15) is 0 Å². The van der Waals surface area contributed by atoms with Crippen LogP contribution in [-0.4, -0.2) is 0 Å². The maximum Gasteiger partial charge on any atom is 0.0998 e. The molecule has 0 aliphatic heterocycles. The van der Waals surface area contributed by atoms with Gasteiger partial charge in [-0.25, -0.2) is 0 Å². The van der Waals surface area contributed by atoms with Gasteiger partial charge in [0.25, 0.3) is 0 Å². The molecule has 0 bridgehead atoms. The summed E-state index contributed by atoms with van der Waals surface area (Å²) >= 11 is 3.44. The predicted molar refractivity (Wildman–Crippen MR) is 121 cm³/mol. The number of nitrogens with zero attached hydrogens (tertiary/aromatic N) is 1. The molecule has 0 atom stereocenters. The lowest BCUT2D eigenvalue weighted by Gasteiger charge is -2.02. The number of hydrogen-bond acceptors (Lipinski definition) is 1. The quantitative estimate of drug-likeness (QED) is 0.312. The Labute approximate surface area is 175 Å². The summed E-state index contributed by atoms with van der Waals surface area (Å²) in [5.41, 5.74) is 6.66. The van der Waals surface area contributed by atoms with E-state index < -0.39 is 0 Å². The van der Waals surface area contributed by atoms with Gasteiger partial charge < -0.3 is 0 Å². The fourth-order valence-corrected chi connectivity index (χ4v) is 3.24. The minimum Gasteiger partial charge on any atom is -0.192 e. The van der Waals surface area contributed by atoms with Gasteiger partial charge in [0.1, 0.15) is 0 Å². The average Bonchev–Trinajstić information content (AvgIpc) is 2.81. The highest BCUT2D eigenvalue weighted by molar-refractivity contribution is 9.08. The van der Waals surface area contributed by atoms with E-state index in [1.54, 1.807) is 0 Å². The van der Waals surface area contributed by atoms with E-state index in [4.69, 9.17) is 5.26 Å². The van der Waals surface area contributed by atoms with E-state index in [0.717, 1.165) is 22.0 Å². The zero-order chi connectivity index (χ0) is 19.6. The number of hydrogen-bond donors (Lipinski definition) is 0. The Balaban J connectivity index is 0.000000161. The summed E-state index contributed by atoms with van der Waals surface area (Å²) in [6, 6.07) is 38.8. The van der Waals surface area contributed by atoms with Crippen LogP contribution in [0, 0.1) is 11.3 Å². The van der Waals surface area contributed by atoms with E-state index in [2.05, 4.69) is 70.5 Å². The van der Waals surface area contributed by atoms with Gasteiger partial charge in [-0.1, -0.05) is 119 Å². The van der Waals surface area contributed by atoms with Crippen LogP contribution in [0.5, 0.6) is 0 Å². The molecule has 0 aliphatic rings. The summed E-state index contributed by atoms with van der Waals surface area (Å²) in [5.74, 6) is 0.